The van der Waals surface area contributed by atoms with Crippen LogP contribution < -0.4 is 20.9 Å². The zero-order valence-corrected chi connectivity index (χ0v) is 14.7. The second kappa shape index (κ2) is 9.06. The zero-order chi connectivity index (χ0) is 17.4. The van der Waals surface area contributed by atoms with Gasteiger partial charge in [0.25, 0.3) is 0 Å². The number of unbranched alkanes of at least 4 members (excludes halogenated alkanes) is 3. The van der Waals surface area contributed by atoms with Crippen LogP contribution in [0.25, 0.3) is 0 Å². The molecule has 0 fully saturated rings. The molecule has 24 heavy (non-hydrogen) atoms. The number of nitrogens with two attached hydrogens (primary N) is 2. The monoisotopic (exact) mass is 328 g/mol. The first-order valence-electron chi connectivity index (χ1n) is 8.55. The van der Waals surface area contributed by atoms with E-state index in [1.807, 2.05) is 50.2 Å². The molecule has 2 rings (SSSR count). The third-order valence-electron chi connectivity index (χ3n) is 4.12. The lowest BCUT2D eigenvalue weighted by molar-refractivity contribution is 0.289. The van der Waals surface area contributed by atoms with E-state index in [1.54, 1.807) is 0 Å². The van der Waals surface area contributed by atoms with Crippen LogP contribution in [0.2, 0.25) is 0 Å². The molecule has 4 N–H and O–H groups in total. The van der Waals surface area contributed by atoms with Crippen LogP contribution in [0.4, 0.5) is 11.4 Å². The quantitative estimate of drug-likeness (QED) is 0.526. The van der Waals surface area contributed by atoms with E-state index in [9.17, 15) is 0 Å². The summed E-state index contributed by atoms with van der Waals surface area (Å²) in [6.07, 6.45) is 4.25. The largest absolute Gasteiger partial charge is 0.491 e. The number of nitrogen functional groups attached to an aromatic ring is 2. The molecule has 0 bridgehead atoms. The van der Waals surface area contributed by atoms with Gasteiger partial charge >= 0.3 is 0 Å². The molecular weight excluding hydrogens is 300 g/mol. The highest BCUT2D eigenvalue weighted by Crippen LogP contribution is 2.25. The summed E-state index contributed by atoms with van der Waals surface area (Å²) in [6, 6.07) is 11.8. The molecule has 2 aromatic carbocycles. The average molecular weight is 328 g/mol. The van der Waals surface area contributed by atoms with E-state index in [4.69, 9.17) is 20.9 Å². The van der Waals surface area contributed by atoms with Gasteiger partial charge in [0.05, 0.1) is 24.6 Å². The van der Waals surface area contributed by atoms with E-state index in [0.717, 1.165) is 59.7 Å². The third kappa shape index (κ3) is 5.08. The summed E-state index contributed by atoms with van der Waals surface area (Å²) in [6.45, 7) is 5.37. The highest BCUT2D eigenvalue weighted by molar-refractivity contribution is 5.58. The fraction of sp³-hybridized carbons (Fsp3) is 0.400. The van der Waals surface area contributed by atoms with Gasteiger partial charge in [-0.25, -0.2) is 0 Å². The number of ether oxygens (including phenoxy) is 2. The van der Waals surface area contributed by atoms with Crippen molar-refractivity contribution in [1.29, 1.82) is 0 Å². The first kappa shape index (κ1) is 18.0. The molecule has 0 atom stereocenters. The van der Waals surface area contributed by atoms with E-state index in [1.165, 1.54) is 0 Å². The molecule has 0 amide bonds. The van der Waals surface area contributed by atoms with Gasteiger partial charge in [0.15, 0.2) is 0 Å². The molecule has 0 aliphatic rings. The van der Waals surface area contributed by atoms with Crippen molar-refractivity contribution in [3.8, 4) is 11.5 Å². The Labute approximate surface area is 144 Å². The highest BCUT2D eigenvalue weighted by Gasteiger charge is 2.03. The Morgan fingerprint density at radius 2 is 1.08 bits per heavy atom. The smallest absolute Gasteiger partial charge is 0.142 e. The van der Waals surface area contributed by atoms with Gasteiger partial charge < -0.3 is 20.9 Å². The lowest BCUT2D eigenvalue weighted by Crippen LogP contribution is -2.03. The van der Waals surface area contributed by atoms with Crippen LogP contribution in [0.5, 0.6) is 11.5 Å². The molecule has 0 spiro atoms. The minimum absolute atomic E-state index is 0.694. The van der Waals surface area contributed by atoms with Crippen molar-refractivity contribution >= 4 is 11.4 Å². The van der Waals surface area contributed by atoms with Crippen LogP contribution in [-0.2, 0) is 0 Å². The SMILES string of the molecule is Cc1cccc(OCCCCCCOc2cccc(C)c2N)c1N. The molecule has 2 aromatic rings. The number of rotatable bonds is 9. The number of hydrogen-bond donors (Lipinski definition) is 2. The zero-order valence-electron chi connectivity index (χ0n) is 14.7. The van der Waals surface area contributed by atoms with Crippen molar-refractivity contribution in [2.24, 2.45) is 0 Å². The van der Waals surface area contributed by atoms with Crippen LogP contribution in [0.15, 0.2) is 36.4 Å². The summed E-state index contributed by atoms with van der Waals surface area (Å²) in [7, 11) is 0. The van der Waals surface area contributed by atoms with Crippen molar-refractivity contribution in [1.82, 2.24) is 0 Å². The van der Waals surface area contributed by atoms with Gasteiger partial charge in [0.1, 0.15) is 11.5 Å². The van der Waals surface area contributed by atoms with Crippen molar-refractivity contribution in [3.63, 3.8) is 0 Å². The lowest BCUT2D eigenvalue weighted by Gasteiger charge is -2.11. The fourth-order valence-electron chi connectivity index (χ4n) is 2.48. The highest BCUT2D eigenvalue weighted by atomic mass is 16.5. The Morgan fingerprint density at radius 1 is 0.667 bits per heavy atom. The summed E-state index contributed by atoms with van der Waals surface area (Å²) >= 11 is 0. The number of benzene rings is 2. The lowest BCUT2D eigenvalue weighted by atomic mass is 10.2. The summed E-state index contributed by atoms with van der Waals surface area (Å²) in [5.74, 6) is 1.57. The topological polar surface area (TPSA) is 70.5 Å². The van der Waals surface area contributed by atoms with E-state index in [-0.39, 0.29) is 0 Å². The summed E-state index contributed by atoms with van der Waals surface area (Å²) in [4.78, 5) is 0. The molecule has 0 unspecified atom stereocenters. The molecule has 0 aromatic heterocycles. The Balaban J connectivity index is 1.57. The number of aryl methyl sites for hydroxylation is 2. The summed E-state index contributed by atoms with van der Waals surface area (Å²) in [5, 5.41) is 0. The van der Waals surface area contributed by atoms with Crippen LogP contribution in [-0.4, -0.2) is 13.2 Å². The third-order valence-corrected chi connectivity index (χ3v) is 4.12. The second-order valence-electron chi connectivity index (χ2n) is 6.08. The Kier molecular flexibility index (Phi) is 6.79. The number of hydrogen-bond acceptors (Lipinski definition) is 4. The number of anilines is 2. The molecule has 0 aliphatic heterocycles. The predicted molar refractivity (Wildman–Crippen MR) is 101 cm³/mol. The van der Waals surface area contributed by atoms with Crippen LogP contribution >= 0.6 is 0 Å². The van der Waals surface area contributed by atoms with Crippen LogP contribution in [0, 0.1) is 13.8 Å². The van der Waals surface area contributed by atoms with Gasteiger partial charge in [-0.1, -0.05) is 24.3 Å². The maximum absolute atomic E-state index is 5.99. The van der Waals surface area contributed by atoms with Gasteiger partial charge in [0.2, 0.25) is 0 Å². The Morgan fingerprint density at radius 3 is 1.50 bits per heavy atom. The fourth-order valence-corrected chi connectivity index (χ4v) is 2.48. The Hall–Kier alpha value is -2.36. The van der Waals surface area contributed by atoms with Crippen LogP contribution in [0.3, 0.4) is 0 Å². The van der Waals surface area contributed by atoms with Crippen molar-refractivity contribution in [3.05, 3.63) is 47.5 Å². The first-order valence-corrected chi connectivity index (χ1v) is 8.55. The van der Waals surface area contributed by atoms with Gasteiger partial charge in [-0.3, -0.25) is 0 Å². The summed E-state index contributed by atoms with van der Waals surface area (Å²) < 4.78 is 11.5. The molecule has 4 nitrogen and oxygen atoms in total. The molecule has 130 valence electrons. The normalized spacial score (nSPS) is 10.6. The average Bonchev–Trinajstić information content (AvgIpc) is 2.57. The van der Waals surface area contributed by atoms with Gasteiger partial charge in [-0.2, -0.15) is 0 Å². The maximum atomic E-state index is 5.99. The van der Waals surface area contributed by atoms with Crippen molar-refractivity contribution < 1.29 is 9.47 Å². The van der Waals surface area contributed by atoms with E-state index < -0.39 is 0 Å². The molecule has 0 saturated heterocycles. The number of para-hydroxylation sites is 2. The van der Waals surface area contributed by atoms with E-state index in [2.05, 4.69) is 0 Å². The minimum Gasteiger partial charge on any atom is -0.491 e. The van der Waals surface area contributed by atoms with E-state index in [0.29, 0.717) is 13.2 Å². The Bertz CT molecular complexity index is 599. The van der Waals surface area contributed by atoms with Crippen LogP contribution in [0.1, 0.15) is 36.8 Å². The molecule has 0 aliphatic carbocycles. The van der Waals surface area contributed by atoms with Gasteiger partial charge in [-0.15, -0.1) is 0 Å². The molecule has 4 heteroatoms. The van der Waals surface area contributed by atoms with Gasteiger partial charge in [0, 0.05) is 0 Å². The first-order chi connectivity index (χ1) is 11.6. The molecule has 0 saturated carbocycles. The summed E-state index contributed by atoms with van der Waals surface area (Å²) in [5.41, 5.74) is 15.6. The maximum Gasteiger partial charge on any atom is 0.142 e. The van der Waals surface area contributed by atoms with E-state index >= 15 is 0 Å². The molecule has 0 radical (unpaired) electrons. The minimum atomic E-state index is 0.694. The molecule has 0 heterocycles. The van der Waals surface area contributed by atoms with Gasteiger partial charge in [-0.05, 0) is 62.8 Å². The molecular formula is C20H28N2O2. The van der Waals surface area contributed by atoms with Crippen molar-refractivity contribution in [2.75, 3.05) is 24.7 Å². The second-order valence-corrected chi connectivity index (χ2v) is 6.08. The van der Waals surface area contributed by atoms with Crippen molar-refractivity contribution in [2.45, 2.75) is 39.5 Å². The predicted octanol–water partition coefficient (Wildman–Crippen LogP) is 4.49. The standard InChI is InChI=1S/C20H28N2O2/c1-15-9-7-11-17(19(15)21)23-13-5-3-4-6-14-24-18-12-8-10-16(2)20(18)22/h7-12H,3-6,13-14,21-22H2,1-2H3.